The number of β-amino-alcohol motifs (C(OH)–C–C–N with tert-alkyl or cyclic N) is 1. The summed E-state index contributed by atoms with van der Waals surface area (Å²) < 4.78 is 0. The van der Waals surface area contributed by atoms with Crippen molar-refractivity contribution >= 4 is 17.5 Å². The predicted octanol–water partition coefficient (Wildman–Crippen LogP) is 0.387. The third kappa shape index (κ3) is 4.49. The highest BCUT2D eigenvalue weighted by atomic mass is 35.5. The van der Waals surface area contributed by atoms with Crippen molar-refractivity contribution in [3.8, 4) is 0 Å². The smallest absolute Gasteiger partial charge is 0.222 e. The molecule has 1 unspecified atom stereocenters. The number of rotatable bonds is 6. The maximum atomic E-state index is 11.4. The summed E-state index contributed by atoms with van der Waals surface area (Å²) in [5.74, 6) is 0.161. The molecule has 0 radical (unpaired) electrons. The first-order valence-electron chi connectivity index (χ1n) is 6.67. The molecule has 1 aromatic carbocycles. The molecule has 1 atom stereocenters. The highest BCUT2D eigenvalue weighted by Gasteiger charge is 2.22. The minimum atomic E-state index is -0.471. The van der Waals surface area contributed by atoms with Crippen molar-refractivity contribution in [2.24, 2.45) is 0 Å². The Morgan fingerprint density at radius 1 is 1.47 bits per heavy atom. The van der Waals surface area contributed by atoms with E-state index < -0.39 is 6.10 Å². The fraction of sp³-hybridized carbons (Fsp3) is 0.500. The zero-order valence-electron chi connectivity index (χ0n) is 10.9. The topological polar surface area (TPSA) is 57.2 Å². The number of aliphatic hydroxyl groups is 1. The molecular weight excluding hydrogens is 264 g/mol. The standard InChI is InChI=1S/C14H19ClN2O2/c15-12-4-1-3-11(7-12)8-16-9-13(18)10-17-6-2-5-14(17)19/h1,3-4,7,13,16,18H,2,5-6,8-10H2/p+1. The van der Waals surface area contributed by atoms with Crippen LogP contribution in [0.25, 0.3) is 0 Å². The second kappa shape index (κ2) is 6.89. The second-order valence-corrected chi connectivity index (χ2v) is 5.39. The zero-order chi connectivity index (χ0) is 13.7. The Hall–Kier alpha value is -1.10. The molecule has 1 heterocycles. The Balaban J connectivity index is 1.69. The van der Waals surface area contributed by atoms with Gasteiger partial charge in [0, 0.05) is 23.6 Å². The summed E-state index contributed by atoms with van der Waals surface area (Å²) in [6.07, 6.45) is 1.07. The van der Waals surface area contributed by atoms with E-state index in [4.69, 9.17) is 11.6 Å². The highest BCUT2D eigenvalue weighted by Crippen LogP contribution is 2.10. The van der Waals surface area contributed by atoms with Gasteiger partial charge in [-0.1, -0.05) is 23.7 Å². The number of likely N-dealkylation sites (tertiary alicyclic amines) is 1. The van der Waals surface area contributed by atoms with E-state index in [0.29, 0.717) is 19.5 Å². The number of carbonyl (C=O) groups excluding carboxylic acids is 1. The average molecular weight is 284 g/mol. The lowest BCUT2D eigenvalue weighted by atomic mass is 10.2. The number of amides is 1. The van der Waals surface area contributed by atoms with Crippen LogP contribution < -0.4 is 5.32 Å². The summed E-state index contributed by atoms with van der Waals surface area (Å²) in [7, 11) is 0. The van der Waals surface area contributed by atoms with Crippen LogP contribution in [0.5, 0.6) is 0 Å². The van der Waals surface area contributed by atoms with Gasteiger partial charge in [-0.2, -0.15) is 0 Å². The van der Waals surface area contributed by atoms with Gasteiger partial charge in [0.25, 0.3) is 0 Å². The molecule has 1 fully saturated rings. The van der Waals surface area contributed by atoms with Crippen molar-refractivity contribution in [3.63, 3.8) is 0 Å². The molecule has 1 saturated heterocycles. The molecular formula is C14H20ClN2O2+. The SMILES string of the molecule is O=C1CCCN1CC(O)C[NH2+]Cc1cccc(Cl)c1. The van der Waals surface area contributed by atoms with Gasteiger partial charge < -0.3 is 15.3 Å². The first-order valence-corrected chi connectivity index (χ1v) is 7.05. The molecule has 1 aliphatic rings. The first-order chi connectivity index (χ1) is 9.15. The normalized spacial score (nSPS) is 16.9. The molecule has 3 N–H and O–H groups in total. The molecule has 19 heavy (non-hydrogen) atoms. The third-order valence-electron chi connectivity index (χ3n) is 3.31. The van der Waals surface area contributed by atoms with Crippen molar-refractivity contribution < 1.29 is 15.2 Å². The lowest BCUT2D eigenvalue weighted by Gasteiger charge is -2.18. The molecule has 0 saturated carbocycles. The molecule has 2 rings (SSSR count). The summed E-state index contributed by atoms with van der Waals surface area (Å²) in [6.45, 7) is 2.61. The lowest BCUT2D eigenvalue weighted by Crippen LogP contribution is -2.85. The fourth-order valence-corrected chi connectivity index (χ4v) is 2.55. The maximum absolute atomic E-state index is 11.4. The minimum Gasteiger partial charge on any atom is -0.385 e. The Kier molecular flexibility index (Phi) is 5.19. The van der Waals surface area contributed by atoms with Crippen LogP contribution in [0.1, 0.15) is 18.4 Å². The molecule has 104 valence electrons. The fourth-order valence-electron chi connectivity index (χ4n) is 2.33. The molecule has 4 nitrogen and oxygen atoms in total. The number of halogens is 1. The molecule has 0 spiro atoms. The van der Waals surface area contributed by atoms with Gasteiger partial charge in [0.05, 0.1) is 6.54 Å². The summed E-state index contributed by atoms with van der Waals surface area (Å²) >= 11 is 5.91. The molecule has 0 aromatic heterocycles. The Morgan fingerprint density at radius 2 is 2.32 bits per heavy atom. The number of quaternary nitrogens is 1. The number of hydrogen-bond donors (Lipinski definition) is 2. The van der Waals surface area contributed by atoms with E-state index in [1.807, 2.05) is 29.6 Å². The minimum absolute atomic E-state index is 0.161. The van der Waals surface area contributed by atoms with Gasteiger partial charge in [0.15, 0.2) is 0 Å². The summed E-state index contributed by atoms with van der Waals surface area (Å²) in [4.78, 5) is 13.2. The first kappa shape index (κ1) is 14.3. The highest BCUT2D eigenvalue weighted by molar-refractivity contribution is 6.30. The zero-order valence-corrected chi connectivity index (χ0v) is 11.6. The largest absolute Gasteiger partial charge is 0.385 e. The summed E-state index contributed by atoms with van der Waals surface area (Å²) in [6, 6.07) is 7.71. The Labute approximate surface area is 118 Å². The Bertz CT molecular complexity index is 439. The van der Waals surface area contributed by atoms with Gasteiger partial charge in [-0.05, 0) is 18.6 Å². The van der Waals surface area contributed by atoms with Crippen LogP contribution in [0.3, 0.4) is 0 Å². The third-order valence-corrected chi connectivity index (χ3v) is 3.55. The van der Waals surface area contributed by atoms with Crippen LogP contribution in [0, 0.1) is 0 Å². The quantitative estimate of drug-likeness (QED) is 0.793. The van der Waals surface area contributed by atoms with E-state index in [2.05, 4.69) is 0 Å². The van der Waals surface area contributed by atoms with E-state index in [1.165, 1.54) is 0 Å². The van der Waals surface area contributed by atoms with Gasteiger partial charge in [0.1, 0.15) is 19.2 Å². The summed E-state index contributed by atoms with van der Waals surface area (Å²) in [5, 5.41) is 12.7. The number of hydrogen-bond acceptors (Lipinski definition) is 2. The predicted molar refractivity (Wildman–Crippen MR) is 73.8 cm³/mol. The number of nitrogens with two attached hydrogens (primary N) is 1. The van der Waals surface area contributed by atoms with Crippen LogP contribution >= 0.6 is 11.6 Å². The van der Waals surface area contributed by atoms with Crippen molar-refractivity contribution in [1.29, 1.82) is 0 Å². The van der Waals surface area contributed by atoms with Crippen molar-refractivity contribution in [1.82, 2.24) is 4.90 Å². The molecule has 1 aliphatic heterocycles. The van der Waals surface area contributed by atoms with Gasteiger partial charge in [-0.15, -0.1) is 0 Å². The van der Waals surface area contributed by atoms with E-state index in [1.54, 1.807) is 4.90 Å². The van der Waals surface area contributed by atoms with E-state index in [9.17, 15) is 9.90 Å². The average Bonchev–Trinajstić information content (AvgIpc) is 2.75. The maximum Gasteiger partial charge on any atom is 0.222 e. The number of carbonyl (C=O) groups is 1. The van der Waals surface area contributed by atoms with Crippen LogP contribution in [-0.4, -0.2) is 41.7 Å². The molecule has 1 amide bonds. The lowest BCUT2D eigenvalue weighted by molar-refractivity contribution is -0.676. The van der Waals surface area contributed by atoms with Crippen LogP contribution in [0.2, 0.25) is 5.02 Å². The van der Waals surface area contributed by atoms with Crippen molar-refractivity contribution in [2.75, 3.05) is 19.6 Å². The van der Waals surface area contributed by atoms with E-state index in [0.717, 1.165) is 30.1 Å². The van der Waals surface area contributed by atoms with Crippen molar-refractivity contribution in [3.05, 3.63) is 34.9 Å². The molecule has 5 heteroatoms. The number of benzene rings is 1. The molecule has 1 aromatic rings. The van der Waals surface area contributed by atoms with Gasteiger partial charge in [-0.3, -0.25) is 4.79 Å². The monoisotopic (exact) mass is 283 g/mol. The van der Waals surface area contributed by atoms with Crippen LogP contribution in [0.15, 0.2) is 24.3 Å². The van der Waals surface area contributed by atoms with Crippen LogP contribution in [0.4, 0.5) is 0 Å². The number of nitrogens with zero attached hydrogens (tertiary/aromatic N) is 1. The number of aliphatic hydroxyl groups excluding tert-OH is 1. The molecule has 0 bridgehead atoms. The summed E-state index contributed by atoms with van der Waals surface area (Å²) in [5.41, 5.74) is 1.14. The van der Waals surface area contributed by atoms with E-state index in [-0.39, 0.29) is 5.91 Å². The van der Waals surface area contributed by atoms with Gasteiger partial charge >= 0.3 is 0 Å². The second-order valence-electron chi connectivity index (χ2n) is 4.96. The van der Waals surface area contributed by atoms with Gasteiger partial charge in [0.2, 0.25) is 5.91 Å². The Morgan fingerprint density at radius 3 is 3.00 bits per heavy atom. The van der Waals surface area contributed by atoms with E-state index >= 15 is 0 Å². The van der Waals surface area contributed by atoms with Gasteiger partial charge in [-0.25, -0.2) is 0 Å². The molecule has 0 aliphatic carbocycles. The van der Waals surface area contributed by atoms with Crippen molar-refractivity contribution in [2.45, 2.75) is 25.5 Å². The van der Waals surface area contributed by atoms with Crippen LogP contribution in [-0.2, 0) is 11.3 Å².